The molecule has 1 aliphatic rings. The van der Waals surface area contributed by atoms with Gasteiger partial charge >= 0.3 is 0 Å². The molecule has 2 aromatic rings. The number of thioether (sulfide) groups is 1. The molecular weight excluding hydrogens is 361 g/mol. The van der Waals surface area contributed by atoms with E-state index in [-0.39, 0.29) is 0 Å². The van der Waals surface area contributed by atoms with Gasteiger partial charge in [-0.15, -0.1) is 10.2 Å². The molecule has 0 saturated carbocycles. The molecule has 1 aromatic heterocycles. The van der Waals surface area contributed by atoms with Crippen LogP contribution in [0, 0.1) is 0 Å². The minimum atomic E-state index is 0.846. The number of fused-ring (bicyclic) bond motifs is 1. The second-order valence-corrected chi connectivity index (χ2v) is 5.32. The summed E-state index contributed by atoms with van der Waals surface area (Å²) in [6, 6.07) is 7.88. The highest BCUT2D eigenvalue weighted by atomic mass is 127. The van der Waals surface area contributed by atoms with E-state index >= 15 is 0 Å². The number of ether oxygens (including phenoxy) is 1. The summed E-state index contributed by atoms with van der Waals surface area (Å²) >= 11 is 3.97. The largest absolute Gasteiger partial charge is 0.497 e. The van der Waals surface area contributed by atoms with E-state index in [0.717, 1.165) is 28.0 Å². The summed E-state index contributed by atoms with van der Waals surface area (Å²) in [6.07, 6.45) is 0. The lowest BCUT2D eigenvalue weighted by atomic mass is 10.2. The van der Waals surface area contributed by atoms with Crippen molar-refractivity contribution in [1.82, 2.24) is 14.8 Å². The molecule has 0 N–H and O–H groups in total. The average molecular weight is 371 g/mol. The lowest BCUT2D eigenvalue weighted by molar-refractivity contribution is 0.415. The first-order chi connectivity index (χ1) is 8.83. The van der Waals surface area contributed by atoms with E-state index in [1.54, 1.807) is 18.9 Å². The molecule has 2 heterocycles. The fraction of sp³-hybridized carbons (Fsp3) is 0.167. The van der Waals surface area contributed by atoms with Gasteiger partial charge in [-0.05, 0) is 28.3 Å². The first kappa shape index (κ1) is 12.0. The third-order valence-corrected chi connectivity index (χ3v) is 4.43. The summed E-state index contributed by atoms with van der Waals surface area (Å²) in [4.78, 5) is 0. The quantitative estimate of drug-likeness (QED) is 0.760. The molecule has 0 fully saturated rings. The molecule has 1 aliphatic heterocycles. The van der Waals surface area contributed by atoms with Crippen LogP contribution in [0.1, 0.15) is 0 Å². The van der Waals surface area contributed by atoms with Gasteiger partial charge in [0.2, 0.25) is 0 Å². The fourth-order valence-corrected chi connectivity index (χ4v) is 3.55. The van der Waals surface area contributed by atoms with Crippen LogP contribution in [0.15, 0.2) is 33.5 Å². The Morgan fingerprint density at radius 3 is 2.78 bits per heavy atom. The van der Waals surface area contributed by atoms with E-state index in [0.29, 0.717) is 0 Å². The second kappa shape index (κ2) is 4.93. The monoisotopic (exact) mass is 371 g/mol. The maximum Gasteiger partial charge on any atom is 0.196 e. The van der Waals surface area contributed by atoms with Crippen LogP contribution in [0.3, 0.4) is 0 Å². The summed E-state index contributed by atoms with van der Waals surface area (Å²) in [5.41, 5.74) is 2.28. The van der Waals surface area contributed by atoms with E-state index < -0.39 is 0 Å². The van der Waals surface area contributed by atoms with Crippen molar-refractivity contribution in [3.8, 4) is 17.1 Å². The summed E-state index contributed by atoms with van der Waals surface area (Å²) in [5.74, 6) is 2.69. The number of halogens is 1. The molecular formula is C12H10IN3OS. The maximum atomic E-state index is 5.16. The summed E-state index contributed by atoms with van der Waals surface area (Å²) in [7, 11) is 1.66. The highest BCUT2D eigenvalue weighted by Crippen LogP contribution is 2.36. The Labute approximate surface area is 123 Å². The summed E-state index contributed by atoms with van der Waals surface area (Å²) in [6.45, 7) is 0. The van der Waals surface area contributed by atoms with Gasteiger partial charge in [0.15, 0.2) is 11.0 Å². The van der Waals surface area contributed by atoms with Crippen LogP contribution in [-0.2, 0) is 0 Å². The van der Waals surface area contributed by atoms with Gasteiger partial charge < -0.3 is 4.74 Å². The molecule has 1 aromatic carbocycles. The zero-order valence-electron chi connectivity index (χ0n) is 9.63. The molecule has 0 amide bonds. The van der Waals surface area contributed by atoms with Gasteiger partial charge in [0, 0.05) is 17.0 Å². The number of benzene rings is 1. The molecule has 0 saturated heterocycles. The zero-order valence-corrected chi connectivity index (χ0v) is 12.6. The van der Waals surface area contributed by atoms with Crippen LogP contribution in [0.2, 0.25) is 0 Å². The van der Waals surface area contributed by atoms with Gasteiger partial charge in [-0.2, -0.15) is 0 Å². The number of hydrogen-bond donors (Lipinski definition) is 0. The topological polar surface area (TPSA) is 39.9 Å². The minimum absolute atomic E-state index is 0.846. The SMILES string of the molecule is COc1ccc(-c2nnc3n2/C(=C/I)CS3)cc1. The van der Waals surface area contributed by atoms with Gasteiger partial charge in [-0.3, -0.25) is 4.57 Å². The normalized spacial score (nSPS) is 16.0. The van der Waals surface area contributed by atoms with Crippen molar-refractivity contribution in [2.75, 3.05) is 12.9 Å². The van der Waals surface area contributed by atoms with Gasteiger partial charge in [0.25, 0.3) is 0 Å². The number of rotatable bonds is 2. The molecule has 3 rings (SSSR count). The molecule has 4 nitrogen and oxygen atoms in total. The van der Waals surface area contributed by atoms with Crippen LogP contribution < -0.4 is 4.74 Å². The predicted molar refractivity (Wildman–Crippen MR) is 81.0 cm³/mol. The van der Waals surface area contributed by atoms with Crippen molar-refractivity contribution in [2.45, 2.75) is 5.16 Å². The summed E-state index contributed by atoms with van der Waals surface area (Å²) < 4.78 is 9.35. The van der Waals surface area contributed by atoms with E-state index in [1.807, 2.05) is 24.3 Å². The smallest absolute Gasteiger partial charge is 0.196 e. The Balaban J connectivity index is 2.07. The third kappa shape index (κ3) is 1.93. The van der Waals surface area contributed by atoms with Crippen LogP contribution >= 0.6 is 34.4 Å². The van der Waals surface area contributed by atoms with E-state index in [2.05, 4.69) is 41.4 Å². The van der Waals surface area contributed by atoms with E-state index in [4.69, 9.17) is 4.74 Å². The first-order valence-corrected chi connectivity index (χ1v) is 7.59. The van der Waals surface area contributed by atoms with Crippen molar-refractivity contribution in [3.63, 3.8) is 0 Å². The Morgan fingerprint density at radius 2 is 2.11 bits per heavy atom. The van der Waals surface area contributed by atoms with Crippen molar-refractivity contribution in [1.29, 1.82) is 0 Å². The number of aromatic nitrogens is 3. The highest BCUT2D eigenvalue weighted by molar-refractivity contribution is 14.1. The van der Waals surface area contributed by atoms with Crippen molar-refractivity contribution >= 4 is 40.0 Å². The van der Waals surface area contributed by atoms with Crippen LogP contribution in [0.25, 0.3) is 17.1 Å². The minimum Gasteiger partial charge on any atom is -0.497 e. The Morgan fingerprint density at radius 1 is 1.33 bits per heavy atom. The molecule has 0 radical (unpaired) electrons. The lowest BCUT2D eigenvalue weighted by Crippen LogP contribution is -1.96. The fourth-order valence-electron chi connectivity index (χ4n) is 1.83. The van der Waals surface area contributed by atoms with Crippen LogP contribution in [-0.4, -0.2) is 27.6 Å². The molecule has 0 aliphatic carbocycles. The van der Waals surface area contributed by atoms with Crippen molar-refractivity contribution in [2.24, 2.45) is 0 Å². The van der Waals surface area contributed by atoms with Gasteiger partial charge in [-0.1, -0.05) is 34.4 Å². The molecule has 6 heteroatoms. The summed E-state index contributed by atoms with van der Waals surface area (Å²) in [5, 5.41) is 9.45. The average Bonchev–Trinajstić information content (AvgIpc) is 3.00. The first-order valence-electron chi connectivity index (χ1n) is 5.36. The number of nitrogens with zero attached hydrogens (tertiary/aromatic N) is 3. The molecule has 0 bridgehead atoms. The standard InChI is InChI=1S/C12H10IN3OS/c1-17-10-4-2-8(3-5-10)11-14-15-12-16(11)9(6-13)7-18-12/h2-6H,7H2,1H3/b9-6+. The molecule has 18 heavy (non-hydrogen) atoms. The Bertz CT molecular complexity index is 606. The van der Waals surface area contributed by atoms with Gasteiger partial charge in [-0.25, -0.2) is 0 Å². The van der Waals surface area contributed by atoms with Crippen LogP contribution in [0.4, 0.5) is 0 Å². The highest BCUT2D eigenvalue weighted by Gasteiger charge is 2.23. The number of methoxy groups -OCH3 is 1. The lowest BCUT2D eigenvalue weighted by Gasteiger charge is -2.05. The van der Waals surface area contributed by atoms with Gasteiger partial charge in [0.1, 0.15) is 5.75 Å². The maximum absolute atomic E-state index is 5.16. The van der Waals surface area contributed by atoms with E-state index in [1.165, 1.54) is 5.70 Å². The number of hydrogen-bond acceptors (Lipinski definition) is 4. The Kier molecular flexibility index (Phi) is 3.29. The third-order valence-electron chi connectivity index (χ3n) is 2.74. The Hall–Kier alpha value is -1.02. The molecule has 0 atom stereocenters. The molecule has 92 valence electrons. The molecule has 0 spiro atoms. The zero-order chi connectivity index (χ0) is 12.5. The van der Waals surface area contributed by atoms with Crippen molar-refractivity contribution < 1.29 is 4.74 Å². The van der Waals surface area contributed by atoms with E-state index in [9.17, 15) is 0 Å². The predicted octanol–water partition coefficient (Wildman–Crippen LogP) is 3.29. The second-order valence-electron chi connectivity index (χ2n) is 3.76. The van der Waals surface area contributed by atoms with Crippen LogP contribution in [0.5, 0.6) is 5.75 Å². The van der Waals surface area contributed by atoms with Crippen molar-refractivity contribution in [3.05, 3.63) is 28.3 Å². The molecule has 0 unspecified atom stereocenters. The van der Waals surface area contributed by atoms with Gasteiger partial charge in [0.05, 0.1) is 7.11 Å².